The van der Waals surface area contributed by atoms with Gasteiger partial charge in [-0.3, -0.25) is 24.6 Å². The number of aliphatic hydroxyl groups is 1. The Hall–Kier alpha value is -4.04. The van der Waals surface area contributed by atoms with Crippen LogP contribution in [0.25, 0.3) is 0 Å². The molecule has 4 rings (SSSR count). The summed E-state index contributed by atoms with van der Waals surface area (Å²) in [6.07, 6.45) is -0.996. The first-order valence-corrected chi connectivity index (χ1v) is 17.4. The second-order valence-electron chi connectivity index (χ2n) is 11.9. The number of aliphatic hydroxyl groups excluding tert-OH is 1. The van der Waals surface area contributed by atoms with Crippen molar-refractivity contribution in [2.45, 2.75) is 52.7 Å². The van der Waals surface area contributed by atoms with E-state index in [1.54, 1.807) is 45.0 Å². The highest BCUT2D eigenvalue weighted by atomic mass is 32.2. The first-order chi connectivity index (χ1) is 22.7. The number of nitro benzene ring substituents is 1. The summed E-state index contributed by atoms with van der Waals surface area (Å²) in [5, 5.41) is 20.4. The molecule has 1 saturated heterocycles. The standard InChI is InChI=1S/C35H36N2O8S3/c1-6-47-31-27(21(2)38)30(39)36(31)28(32(40)44-20-22-12-16-25(17-13-22)37(42)43)33(48-34(41)35(3,4)5)45-26-18-14-24(15-19-26)29(46)23-10-8-7-9-11-23/h7-19,21,27,31,38H,6,20H2,1-5H3/t21-,27+,31-/m1/s1. The number of nitrogens with zero attached hydrogens (tertiary/aromatic N) is 2. The third-order valence-electron chi connectivity index (χ3n) is 7.25. The van der Waals surface area contributed by atoms with Gasteiger partial charge in [0, 0.05) is 17.5 Å². The Labute approximate surface area is 293 Å². The Morgan fingerprint density at radius 1 is 1.02 bits per heavy atom. The van der Waals surface area contributed by atoms with Crippen LogP contribution < -0.4 is 4.74 Å². The number of carbonyl (C=O) groups excluding carboxylic acids is 3. The van der Waals surface area contributed by atoms with Gasteiger partial charge in [-0.25, -0.2) is 4.79 Å². The fourth-order valence-corrected chi connectivity index (χ4v) is 7.04. The number of likely N-dealkylation sites (tertiary alicyclic amines) is 1. The van der Waals surface area contributed by atoms with Crippen molar-refractivity contribution >= 4 is 63.3 Å². The molecule has 0 bridgehead atoms. The molecule has 1 N–H and O–H groups in total. The number of thiocarbonyl (C=S) groups is 1. The van der Waals surface area contributed by atoms with Gasteiger partial charge in [-0.1, -0.05) is 70.2 Å². The molecule has 1 aliphatic heterocycles. The highest BCUT2D eigenvalue weighted by Crippen LogP contribution is 2.43. The summed E-state index contributed by atoms with van der Waals surface area (Å²) in [6, 6.07) is 21.8. The molecule has 48 heavy (non-hydrogen) atoms. The minimum atomic E-state index is -0.996. The lowest BCUT2D eigenvalue weighted by atomic mass is 9.92. The predicted octanol–water partition coefficient (Wildman–Crippen LogP) is 6.88. The average molecular weight is 709 g/mol. The van der Waals surface area contributed by atoms with Crippen molar-refractivity contribution in [2.75, 3.05) is 5.75 Å². The summed E-state index contributed by atoms with van der Waals surface area (Å²) in [7, 11) is 0. The molecule has 0 saturated carbocycles. The molecule has 0 unspecified atom stereocenters. The number of hydrogen-bond acceptors (Lipinski definition) is 11. The number of amides is 1. The van der Waals surface area contributed by atoms with Crippen molar-refractivity contribution in [2.24, 2.45) is 11.3 Å². The highest BCUT2D eigenvalue weighted by molar-refractivity contribution is 8.16. The van der Waals surface area contributed by atoms with E-state index in [2.05, 4.69) is 0 Å². The molecular weight excluding hydrogens is 673 g/mol. The van der Waals surface area contributed by atoms with Crippen LogP contribution in [0.1, 0.15) is 51.3 Å². The van der Waals surface area contributed by atoms with E-state index in [1.807, 2.05) is 37.3 Å². The molecule has 1 aliphatic rings. The fourth-order valence-electron chi connectivity index (χ4n) is 4.62. The Kier molecular flexibility index (Phi) is 12.2. The van der Waals surface area contributed by atoms with E-state index in [9.17, 15) is 29.6 Å². The molecule has 3 atom stereocenters. The normalized spacial score (nSPS) is 17.1. The Bertz CT molecular complexity index is 1700. The summed E-state index contributed by atoms with van der Waals surface area (Å²) in [6.45, 7) is 8.29. The number of benzene rings is 3. The molecule has 0 aromatic heterocycles. The SMILES string of the molecule is CCS[C@@H]1[C@@H]([C@@H](C)O)C(=O)N1C(C(=O)OCc1ccc([N+](=O)[O-])cc1)=C(Oc1ccc(C(=S)c2ccccc2)cc1)SC(=O)C(C)(C)C. The predicted molar refractivity (Wildman–Crippen MR) is 190 cm³/mol. The van der Waals surface area contributed by atoms with Crippen molar-refractivity contribution in [3.05, 3.63) is 116 Å². The molecule has 3 aromatic rings. The Balaban J connectivity index is 1.76. The first-order valence-electron chi connectivity index (χ1n) is 15.1. The monoisotopic (exact) mass is 708 g/mol. The summed E-state index contributed by atoms with van der Waals surface area (Å²) in [4.78, 5) is 53.4. The second kappa shape index (κ2) is 15.9. The molecule has 3 aromatic carbocycles. The van der Waals surface area contributed by atoms with Crippen molar-refractivity contribution in [1.29, 1.82) is 0 Å². The number of rotatable bonds is 13. The molecule has 1 heterocycles. The third-order valence-corrected chi connectivity index (χ3v) is 10.2. The summed E-state index contributed by atoms with van der Waals surface area (Å²) in [5.74, 6) is -1.42. The number of esters is 1. The van der Waals surface area contributed by atoms with Crippen LogP contribution in [-0.4, -0.2) is 54.0 Å². The largest absolute Gasteiger partial charge is 0.456 e. The number of non-ortho nitro benzene ring substituents is 1. The molecular formula is C35H36N2O8S3. The first kappa shape index (κ1) is 36.8. The van der Waals surface area contributed by atoms with Crippen LogP contribution in [0.3, 0.4) is 0 Å². The smallest absolute Gasteiger partial charge is 0.359 e. The number of ether oxygens (including phenoxy) is 2. The number of carbonyl (C=O) groups is 3. The van der Waals surface area contributed by atoms with E-state index in [0.29, 0.717) is 27.9 Å². The number of hydrogen-bond donors (Lipinski definition) is 1. The number of β-lactam (4-membered cyclic amide) rings is 1. The van der Waals surface area contributed by atoms with Crippen molar-refractivity contribution in [3.63, 3.8) is 0 Å². The lowest BCUT2D eigenvalue weighted by molar-refractivity contribution is -0.384. The van der Waals surface area contributed by atoms with Gasteiger partial charge in [-0.2, -0.15) is 0 Å². The van der Waals surface area contributed by atoms with Crippen molar-refractivity contribution in [1.82, 2.24) is 4.90 Å². The van der Waals surface area contributed by atoms with E-state index in [1.165, 1.54) is 47.9 Å². The number of nitro groups is 1. The third kappa shape index (κ3) is 8.70. The van der Waals surface area contributed by atoms with Crippen LogP contribution in [0, 0.1) is 21.4 Å². The van der Waals surface area contributed by atoms with E-state index in [0.717, 1.165) is 11.1 Å². The number of thioether (sulfide) groups is 2. The van der Waals surface area contributed by atoms with Gasteiger partial charge in [-0.15, -0.1) is 11.8 Å². The topological polar surface area (TPSA) is 136 Å². The maximum atomic E-state index is 14.0. The van der Waals surface area contributed by atoms with Crippen LogP contribution in [-0.2, 0) is 25.7 Å². The lowest BCUT2D eigenvalue weighted by Gasteiger charge is -2.48. The van der Waals surface area contributed by atoms with Crippen LogP contribution >= 0.6 is 35.7 Å². The molecule has 0 aliphatic carbocycles. The Morgan fingerprint density at radius 2 is 1.62 bits per heavy atom. The molecule has 1 amide bonds. The zero-order valence-electron chi connectivity index (χ0n) is 27.1. The van der Waals surface area contributed by atoms with Gasteiger partial charge in [0.1, 0.15) is 12.4 Å². The van der Waals surface area contributed by atoms with Gasteiger partial charge >= 0.3 is 5.97 Å². The zero-order chi connectivity index (χ0) is 35.2. The Morgan fingerprint density at radius 3 is 2.17 bits per heavy atom. The van der Waals surface area contributed by atoms with E-state index < -0.39 is 39.6 Å². The summed E-state index contributed by atoms with van der Waals surface area (Å²) >= 11 is 7.70. The van der Waals surface area contributed by atoms with Crippen LogP contribution in [0.15, 0.2) is 89.7 Å². The molecule has 13 heteroatoms. The van der Waals surface area contributed by atoms with Crippen LogP contribution in [0.2, 0.25) is 0 Å². The fraction of sp³-hybridized carbons (Fsp3) is 0.314. The summed E-state index contributed by atoms with van der Waals surface area (Å²) in [5.41, 5.74) is 0.842. The van der Waals surface area contributed by atoms with E-state index in [-0.39, 0.29) is 33.9 Å². The van der Waals surface area contributed by atoms with Gasteiger partial charge in [0.05, 0.1) is 27.2 Å². The quantitative estimate of drug-likeness (QED) is 0.0291. The highest BCUT2D eigenvalue weighted by Gasteiger charge is 2.54. The minimum Gasteiger partial charge on any atom is -0.456 e. The van der Waals surface area contributed by atoms with Crippen molar-refractivity contribution in [3.8, 4) is 5.75 Å². The van der Waals surface area contributed by atoms with E-state index >= 15 is 0 Å². The second-order valence-corrected chi connectivity index (χ2v) is 14.7. The average Bonchev–Trinajstić information content (AvgIpc) is 3.05. The zero-order valence-corrected chi connectivity index (χ0v) is 29.5. The van der Waals surface area contributed by atoms with Gasteiger partial charge in [0.2, 0.25) is 11.0 Å². The molecule has 1 fully saturated rings. The van der Waals surface area contributed by atoms with Crippen LogP contribution in [0.4, 0.5) is 5.69 Å². The maximum Gasteiger partial charge on any atom is 0.359 e. The lowest BCUT2D eigenvalue weighted by Crippen LogP contribution is -2.63. The van der Waals surface area contributed by atoms with Crippen molar-refractivity contribution < 1.29 is 33.9 Å². The van der Waals surface area contributed by atoms with Gasteiger partial charge in [0.15, 0.2) is 10.8 Å². The van der Waals surface area contributed by atoms with E-state index in [4.69, 9.17) is 21.7 Å². The molecule has 10 nitrogen and oxygen atoms in total. The molecule has 0 spiro atoms. The maximum absolute atomic E-state index is 14.0. The van der Waals surface area contributed by atoms with Gasteiger partial charge in [0.25, 0.3) is 5.69 Å². The van der Waals surface area contributed by atoms with Gasteiger partial charge < -0.3 is 14.6 Å². The molecule has 252 valence electrons. The van der Waals surface area contributed by atoms with Gasteiger partial charge in [-0.05, 0) is 77.5 Å². The summed E-state index contributed by atoms with van der Waals surface area (Å²) < 4.78 is 11.9. The molecule has 0 radical (unpaired) electrons. The van der Waals surface area contributed by atoms with Crippen LogP contribution in [0.5, 0.6) is 5.75 Å². The minimum absolute atomic E-state index is 0.122.